The summed E-state index contributed by atoms with van der Waals surface area (Å²) in [4.78, 5) is 26.2. The summed E-state index contributed by atoms with van der Waals surface area (Å²) >= 11 is 0. The molecule has 1 saturated heterocycles. The van der Waals surface area contributed by atoms with E-state index >= 15 is 0 Å². The Labute approximate surface area is 123 Å². The van der Waals surface area contributed by atoms with Crippen LogP contribution < -0.4 is 5.32 Å². The van der Waals surface area contributed by atoms with Crippen molar-refractivity contribution in [2.24, 2.45) is 0 Å². The van der Waals surface area contributed by atoms with Crippen LogP contribution in [0.1, 0.15) is 37.4 Å². The molecule has 0 aromatic heterocycles. The van der Waals surface area contributed by atoms with Crippen LogP contribution in [0.25, 0.3) is 0 Å². The van der Waals surface area contributed by atoms with Crippen molar-refractivity contribution in [3.63, 3.8) is 0 Å². The van der Waals surface area contributed by atoms with Crippen molar-refractivity contribution in [1.29, 1.82) is 0 Å². The van der Waals surface area contributed by atoms with E-state index in [0.717, 1.165) is 19.3 Å². The molecular weight excluding hydrogens is 268 g/mol. The van der Waals surface area contributed by atoms with Crippen LogP contribution in [0.3, 0.4) is 0 Å². The highest BCUT2D eigenvalue weighted by Gasteiger charge is 2.38. The predicted octanol–water partition coefficient (Wildman–Crippen LogP) is 0.990. The van der Waals surface area contributed by atoms with Crippen LogP contribution in [0.4, 0.5) is 0 Å². The van der Waals surface area contributed by atoms with Crippen molar-refractivity contribution < 1.29 is 14.7 Å². The molecule has 2 aliphatic rings. The molecule has 1 heterocycles. The molecule has 5 heteroatoms. The monoisotopic (exact) mass is 288 g/mol. The number of benzene rings is 1. The van der Waals surface area contributed by atoms with Gasteiger partial charge < -0.3 is 15.3 Å². The molecule has 21 heavy (non-hydrogen) atoms. The van der Waals surface area contributed by atoms with Gasteiger partial charge in [-0.15, -0.1) is 0 Å². The van der Waals surface area contributed by atoms with Crippen LogP contribution in [0.5, 0.6) is 0 Å². The summed E-state index contributed by atoms with van der Waals surface area (Å²) in [6, 6.07) is 8.70. The summed E-state index contributed by atoms with van der Waals surface area (Å²) in [7, 11) is 0. The van der Waals surface area contributed by atoms with Crippen LogP contribution in [0.15, 0.2) is 30.3 Å². The van der Waals surface area contributed by atoms with E-state index < -0.39 is 12.1 Å². The highest BCUT2D eigenvalue weighted by molar-refractivity contribution is 5.90. The van der Waals surface area contributed by atoms with Crippen LogP contribution >= 0.6 is 0 Å². The molecule has 1 aliphatic carbocycles. The van der Waals surface area contributed by atoms with E-state index in [1.807, 2.05) is 6.07 Å². The van der Waals surface area contributed by atoms with Gasteiger partial charge in [-0.3, -0.25) is 9.59 Å². The smallest absolute Gasteiger partial charge is 0.256 e. The van der Waals surface area contributed by atoms with Crippen LogP contribution in [0, 0.1) is 0 Å². The standard InChI is InChI=1S/C16H20N2O3/c19-14(11-5-2-1-3-6-11)16(21)18-10-4-7-13(18)15(20)17-12-8-9-12/h1-3,5-6,12-14,19H,4,7-10H2,(H,17,20). The molecule has 2 fully saturated rings. The lowest BCUT2D eigenvalue weighted by molar-refractivity contribution is -0.145. The van der Waals surface area contributed by atoms with Gasteiger partial charge in [0.1, 0.15) is 6.04 Å². The maximum absolute atomic E-state index is 12.5. The fourth-order valence-electron chi connectivity index (χ4n) is 2.76. The zero-order chi connectivity index (χ0) is 14.8. The fraction of sp³-hybridized carbons (Fsp3) is 0.500. The zero-order valence-corrected chi connectivity index (χ0v) is 11.9. The summed E-state index contributed by atoms with van der Waals surface area (Å²) in [6.45, 7) is 0.533. The van der Waals surface area contributed by atoms with Crippen molar-refractivity contribution in [2.45, 2.75) is 43.9 Å². The number of rotatable bonds is 4. The molecule has 1 saturated carbocycles. The summed E-state index contributed by atoms with van der Waals surface area (Å²) in [5, 5.41) is 13.2. The summed E-state index contributed by atoms with van der Waals surface area (Å²) in [5.41, 5.74) is 0.566. The Balaban J connectivity index is 1.69. The first-order chi connectivity index (χ1) is 10.2. The minimum atomic E-state index is -1.19. The second kappa shape index (κ2) is 5.85. The van der Waals surface area contributed by atoms with E-state index in [4.69, 9.17) is 0 Å². The molecule has 3 rings (SSSR count). The molecule has 0 spiro atoms. The molecular formula is C16H20N2O3. The summed E-state index contributed by atoms with van der Waals surface area (Å²) < 4.78 is 0. The van der Waals surface area contributed by atoms with Crippen molar-refractivity contribution in [1.82, 2.24) is 10.2 Å². The van der Waals surface area contributed by atoms with Gasteiger partial charge in [0, 0.05) is 12.6 Å². The highest BCUT2D eigenvalue weighted by atomic mass is 16.3. The van der Waals surface area contributed by atoms with E-state index in [0.29, 0.717) is 18.5 Å². The average molecular weight is 288 g/mol. The van der Waals surface area contributed by atoms with Gasteiger partial charge in [0.15, 0.2) is 6.10 Å². The first kappa shape index (κ1) is 14.1. The number of nitrogens with zero attached hydrogens (tertiary/aromatic N) is 1. The number of aliphatic hydroxyl groups is 1. The molecule has 1 aromatic rings. The van der Waals surface area contributed by atoms with Gasteiger partial charge in [0.25, 0.3) is 5.91 Å². The molecule has 2 N–H and O–H groups in total. The predicted molar refractivity (Wildman–Crippen MR) is 77.3 cm³/mol. The molecule has 112 valence electrons. The Kier molecular flexibility index (Phi) is 3.92. The maximum atomic E-state index is 12.5. The summed E-state index contributed by atoms with van der Waals surface area (Å²) in [6.07, 6.45) is 2.33. The van der Waals surface area contributed by atoms with Crippen molar-refractivity contribution in [3.8, 4) is 0 Å². The number of hydrogen-bond acceptors (Lipinski definition) is 3. The second-order valence-corrected chi connectivity index (χ2v) is 5.79. The van der Waals surface area contributed by atoms with Crippen LogP contribution in [-0.4, -0.2) is 40.4 Å². The number of likely N-dealkylation sites (tertiary alicyclic amines) is 1. The minimum absolute atomic E-state index is 0.0800. The number of nitrogens with one attached hydrogen (secondary N) is 1. The average Bonchev–Trinajstić information content (AvgIpc) is 3.18. The molecule has 2 atom stereocenters. The Morgan fingerprint density at radius 2 is 1.90 bits per heavy atom. The van der Waals surface area contributed by atoms with Crippen LogP contribution in [0.2, 0.25) is 0 Å². The lowest BCUT2D eigenvalue weighted by Crippen LogP contribution is -2.48. The Morgan fingerprint density at radius 1 is 1.19 bits per heavy atom. The molecule has 2 unspecified atom stereocenters. The number of hydrogen-bond donors (Lipinski definition) is 2. The minimum Gasteiger partial charge on any atom is -0.378 e. The van der Waals surface area contributed by atoms with Gasteiger partial charge in [-0.1, -0.05) is 30.3 Å². The second-order valence-electron chi connectivity index (χ2n) is 5.79. The SMILES string of the molecule is O=C(NC1CC1)C1CCCN1C(=O)C(O)c1ccccc1. The van der Waals surface area contributed by atoms with Crippen molar-refractivity contribution in [2.75, 3.05) is 6.54 Å². The molecule has 5 nitrogen and oxygen atoms in total. The molecule has 1 aliphatic heterocycles. The third-order valence-electron chi connectivity index (χ3n) is 4.11. The topological polar surface area (TPSA) is 69.6 Å². The largest absolute Gasteiger partial charge is 0.378 e. The number of amides is 2. The van der Waals surface area contributed by atoms with Crippen molar-refractivity contribution >= 4 is 11.8 Å². The zero-order valence-electron chi connectivity index (χ0n) is 11.9. The van der Waals surface area contributed by atoms with Crippen molar-refractivity contribution in [3.05, 3.63) is 35.9 Å². The van der Waals surface area contributed by atoms with Gasteiger partial charge in [-0.25, -0.2) is 0 Å². The highest BCUT2D eigenvalue weighted by Crippen LogP contribution is 2.25. The maximum Gasteiger partial charge on any atom is 0.256 e. The normalized spacial score (nSPS) is 22.9. The summed E-state index contributed by atoms with van der Waals surface area (Å²) in [5.74, 6) is -0.460. The molecule has 1 aromatic carbocycles. The van der Waals surface area contributed by atoms with E-state index in [1.165, 1.54) is 4.90 Å². The molecule has 2 amide bonds. The Bertz CT molecular complexity index is 528. The van der Waals surface area contributed by atoms with Gasteiger partial charge >= 0.3 is 0 Å². The first-order valence-corrected chi connectivity index (χ1v) is 7.50. The molecule has 0 bridgehead atoms. The first-order valence-electron chi connectivity index (χ1n) is 7.50. The lowest BCUT2D eigenvalue weighted by Gasteiger charge is -2.26. The van der Waals surface area contributed by atoms with Gasteiger partial charge in [0.2, 0.25) is 5.91 Å². The van der Waals surface area contributed by atoms with Gasteiger partial charge in [0.05, 0.1) is 0 Å². The Morgan fingerprint density at radius 3 is 2.57 bits per heavy atom. The van der Waals surface area contributed by atoms with E-state index in [1.54, 1.807) is 24.3 Å². The van der Waals surface area contributed by atoms with E-state index in [9.17, 15) is 14.7 Å². The Hall–Kier alpha value is -1.88. The van der Waals surface area contributed by atoms with E-state index in [2.05, 4.69) is 5.32 Å². The fourth-order valence-corrected chi connectivity index (χ4v) is 2.76. The van der Waals surface area contributed by atoms with Gasteiger partial charge in [-0.2, -0.15) is 0 Å². The lowest BCUT2D eigenvalue weighted by atomic mass is 10.1. The van der Waals surface area contributed by atoms with Crippen LogP contribution in [-0.2, 0) is 9.59 Å². The number of carbonyl (C=O) groups excluding carboxylic acids is 2. The van der Waals surface area contributed by atoms with Gasteiger partial charge in [-0.05, 0) is 31.2 Å². The van der Waals surface area contributed by atoms with E-state index in [-0.39, 0.29) is 17.9 Å². The number of carbonyl (C=O) groups is 2. The third-order valence-corrected chi connectivity index (χ3v) is 4.11. The quantitative estimate of drug-likeness (QED) is 0.868. The number of aliphatic hydroxyl groups excluding tert-OH is 1. The third kappa shape index (κ3) is 3.08. The molecule has 0 radical (unpaired) electrons.